The molecule has 1 heterocycles. The van der Waals surface area contributed by atoms with Gasteiger partial charge in [0.1, 0.15) is 5.75 Å². The second-order valence-electron chi connectivity index (χ2n) is 6.59. The summed E-state index contributed by atoms with van der Waals surface area (Å²) in [6.07, 6.45) is 0.550. The van der Waals surface area contributed by atoms with E-state index in [1.54, 1.807) is 31.4 Å². The van der Waals surface area contributed by atoms with E-state index in [4.69, 9.17) is 9.26 Å². The average molecular weight is 415 g/mol. The van der Waals surface area contributed by atoms with Crippen LogP contribution in [0.1, 0.15) is 24.5 Å². The number of thioether (sulfide) groups is 1. The van der Waals surface area contributed by atoms with E-state index in [0.717, 1.165) is 16.8 Å². The van der Waals surface area contributed by atoms with Crippen molar-refractivity contribution in [1.29, 1.82) is 0 Å². The van der Waals surface area contributed by atoms with Crippen LogP contribution in [0.4, 0.5) is 5.69 Å². The monoisotopic (exact) mass is 414 g/mol. The minimum Gasteiger partial charge on any atom is -0.497 e. The number of hydrogen-bond acceptors (Lipinski definition) is 5. The van der Waals surface area contributed by atoms with E-state index in [1.165, 1.54) is 16.4 Å². The van der Waals surface area contributed by atoms with Gasteiger partial charge in [0.15, 0.2) is 0 Å². The minimum atomic E-state index is -0.524. The van der Waals surface area contributed by atoms with Gasteiger partial charge < -0.3 is 10.1 Å². The molecule has 0 aliphatic rings. The molecule has 0 fully saturated rings. The molecular formula is C21H24N3O4S+. The van der Waals surface area contributed by atoms with Crippen molar-refractivity contribution in [2.75, 3.05) is 12.4 Å². The zero-order valence-corrected chi connectivity index (χ0v) is 17.6. The smallest absolute Gasteiger partial charge is 0.442 e. The molecule has 152 valence electrons. The number of hydrogen-bond donors (Lipinski definition) is 2. The number of aromatic nitrogens is 2. The first-order valence-electron chi connectivity index (χ1n) is 9.26. The van der Waals surface area contributed by atoms with Crippen molar-refractivity contribution >= 4 is 23.4 Å². The lowest BCUT2D eigenvalue weighted by Crippen LogP contribution is -2.37. The number of H-pyrrole nitrogens is 1. The molecular weight excluding hydrogens is 390 g/mol. The summed E-state index contributed by atoms with van der Waals surface area (Å²) >= 11 is 1.17. The second kappa shape index (κ2) is 9.00. The summed E-state index contributed by atoms with van der Waals surface area (Å²) in [4.78, 5) is 25.2. The van der Waals surface area contributed by atoms with Gasteiger partial charge in [-0.15, -0.1) is 0 Å². The molecule has 8 heteroatoms. The standard InChI is InChI=1S/C21H23N3O4S/c1-5-17(19(25)22-18-13(2)7-6-8-14(18)3)29-20-21(26)28-23-24(20)15-9-11-16(27-4)12-10-15/h6-12,17H,5H2,1-4H3,(H-,22,23,25,26)/p+1. The van der Waals surface area contributed by atoms with Crippen LogP contribution in [0.2, 0.25) is 0 Å². The number of carbonyl (C=O) groups excluding carboxylic acids is 1. The van der Waals surface area contributed by atoms with Gasteiger partial charge in [-0.3, -0.25) is 9.32 Å². The molecule has 1 aromatic heterocycles. The molecule has 2 N–H and O–H groups in total. The Hall–Kier alpha value is -3.00. The number of nitrogens with one attached hydrogen (secondary N) is 2. The number of methoxy groups -OCH3 is 1. The van der Waals surface area contributed by atoms with Crippen LogP contribution in [-0.4, -0.2) is 23.5 Å². The number of nitrogens with zero attached hydrogens (tertiary/aromatic N) is 1. The van der Waals surface area contributed by atoms with Crippen LogP contribution in [0.15, 0.2) is 56.8 Å². The number of rotatable bonds is 7. The van der Waals surface area contributed by atoms with Crippen molar-refractivity contribution in [3.05, 3.63) is 64.0 Å². The van der Waals surface area contributed by atoms with E-state index in [0.29, 0.717) is 22.9 Å². The Balaban J connectivity index is 1.85. The maximum absolute atomic E-state index is 12.9. The highest BCUT2D eigenvalue weighted by Crippen LogP contribution is 2.25. The van der Waals surface area contributed by atoms with Crippen LogP contribution in [0.5, 0.6) is 5.75 Å². The molecule has 2 aromatic carbocycles. The third-order valence-electron chi connectivity index (χ3n) is 4.58. The van der Waals surface area contributed by atoms with Crippen LogP contribution in [0.3, 0.4) is 0 Å². The van der Waals surface area contributed by atoms with Crippen LogP contribution in [0.25, 0.3) is 5.69 Å². The molecule has 0 aliphatic carbocycles. The Morgan fingerprint density at radius 2 is 1.86 bits per heavy atom. The summed E-state index contributed by atoms with van der Waals surface area (Å²) in [6.45, 7) is 5.82. The van der Waals surface area contributed by atoms with E-state index < -0.39 is 10.9 Å². The first-order valence-corrected chi connectivity index (χ1v) is 10.1. The van der Waals surface area contributed by atoms with Gasteiger partial charge in [-0.25, -0.2) is 4.79 Å². The summed E-state index contributed by atoms with van der Waals surface area (Å²) in [6, 6.07) is 13.0. The first kappa shape index (κ1) is 20.7. The van der Waals surface area contributed by atoms with E-state index in [9.17, 15) is 9.59 Å². The summed E-state index contributed by atoms with van der Waals surface area (Å²) in [5, 5.41) is 5.45. The lowest BCUT2D eigenvalue weighted by Gasteiger charge is -2.15. The number of aryl methyl sites for hydroxylation is 2. The van der Waals surface area contributed by atoms with Gasteiger partial charge in [-0.2, -0.15) is 0 Å². The Morgan fingerprint density at radius 3 is 2.45 bits per heavy atom. The zero-order valence-electron chi connectivity index (χ0n) is 16.8. The molecule has 0 aliphatic heterocycles. The summed E-state index contributed by atoms with van der Waals surface area (Å²) in [5.74, 6) is 0.547. The highest BCUT2D eigenvalue weighted by Gasteiger charge is 2.30. The van der Waals surface area contributed by atoms with Crippen molar-refractivity contribution in [2.24, 2.45) is 0 Å². The van der Waals surface area contributed by atoms with Crippen LogP contribution >= 0.6 is 11.8 Å². The molecule has 7 nitrogen and oxygen atoms in total. The normalized spacial score (nSPS) is 11.9. The Bertz CT molecular complexity index is 1040. The van der Waals surface area contributed by atoms with Crippen molar-refractivity contribution in [2.45, 2.75) is 37.5 Å². The highest BCUT2D eigenvalue weighted by molar-refractivity contribution is 8.00. The predicted molar refractivity (Wildman–Crippen MR) is 112 cm³/mol. The van der Waals surface area contributed by atoms with Gasteiger partial charge in [0.25, 0.3) is 0 Å². The summed E-state index contributed by atoms with van der Waals surface area (Å²) in [5.41, 5.74) is 2.97. The molecule has 0 saturated carbocycles. The lowest BCUT2D eigenvalue weighted by molar-refractivity contribution is -0.704. The fourth-order valence-electron chi connectivity index (χ4n) is 2.94. The topological polar surface area (TPSA) is 88.2 Å². The summed E-state index contributed by atoms with van der Waals surface area (Å²) in [7, 11) is 1.59. The van der Waals surface area contributed by atoms with Crippen molar-refractivity contribution < 1.29 is 18.7 Å². The molecule has 0 saturated heterocycles. The number of amides is 1. The predicted octanol–water partition coefficient (Wildman–Crippen LogP) is 3.38. The van der Waals surface area contributed by atoms with Crippen molar-refractivity contribution in [1.82, 2.24) is 5.27 Å². The first-order chi connectivity index (χ1) is 13.9. The van der Waals surface area contributed by atoms with Crippen LogP contribution in [-0.2, 0) is 4.79 Å². The fraction of sp³-hybridized carbons (Fsp3) is 0.286. The molecule has 1 unspecified atom stereocenters. The molecule has 1 amide bonds. The van der Waals surface area contributed by atoms with Gasteiger partial charge >= 0.3 is 10.7 Å². The average Bonchev–Trinajstić information content (AvgIpc) is 3.09. The third kappa shape index (κ3) is 4.54. The van der Waals surface area contributed by atoms with Gasteiger partial charge in [0, 0.05) is 17.8 Å². The molecule has 29 heavy (non-hydrogen) atoms. The zero-order chi connectivity index (χ0) is 21.0. The van der Waals surface area contributed by atoms with Crippen LogP contribution in [0, 0.1) is 13.8 Å². The molecule has 1 atom stereocenters. The van der Waals surface area contributed by atoms with E-state index >= 15 is 0 Å². The summed E-state index contributed by atoms with van der Waals surface area (Å²) < 4.78 is 11.7. The Morgan fingerprint density at radius 1 is 1.21 bits per heavy atom. The van der Waals surface area contributed by atoms with Crippen LogP contribution < -0.4 is 20.4 Å². The number of ether oxygens (including phenoxy) is 1. The number of anilines is 1. The van der Waals surface area contributed by atoms with Crippen molar-refractivity contribution in [3.8, 4) is 11.4 Å². The van der Waals surface area contributed by atoms with Gasteiger partial charge in [-0.1, -0.05) is 25.1 Å². The quantitative estimate of drug-likeness (QED) is 0.457. The minimum absolute atomic E-state index is 0.156. The molecule has 3 rings (SSSR count). The Kier molecular flexibility index (Phi) is 6.43. The number of carbonyl (C=O) groups is 1. The fourth-order valence-corrected chi connectivity index (χ4v) is 3.93. The molecule has 0 spiro atoms. The van der Waals surface area contributed by atoms with E-state index in [-0.39, 0.29) is 5.91 Å². The highest BCUT2D eigenvalue weighted by atomic mass is 32.2. The van der Waals surface area contributed by atoms with Gasteiger partial charge in [0.2, 0.25) is 11.6 Å². The second-order valence-corrected chi connectivity index (χ2v) is 7.78. The lowest BCUT2D eigenvalue weighted by atomic mass is 10.1. The van der Waals surface area contributed by atoms with Gasteiger partial charge in [-0.05, 0) is 65.2 Å². The number of benzene rings is 2. The molecule has 3 aromatic rings. The third-order valence-corrected chi connectivity index (χ3v) is 5.99. The SMILES string of the molecule is CCC(Sc1c(=O)o[nH][n+]1-c1ccc(OC)cc1)C(=O)Nc1c(C)cccc1C. The van der Waals surface area contributed by atoms with Gasteiger partial charge in [0.05, 0.1) is 12.4 Å². The number of aromatic amines is 1. The molecule has 0 radical (unpaired) electrons. The van der Waals surface area contributed by atoms with E-state index in [2.05, 4.69) is 10.6 Å². The Labute approximate surface area is 173 Å². The maximum Gasteiger partial charge on any atom is 0.442 e. The maximum atomic E-state index is 12.9. The number of para-hydroxylation sites is 1. The van der Waals surface area contributed by atoms with E-state index in [1.807, 2.05) is 39.0 Å². The molecule has 0 bridgehead atoms. The van der Waals surface area contributed by atoms with Crippen molar-refractivity contribution in [3.63, 3.8) is 0 Å². The largest absolute Gasteiger partial charge is 0.497 e.